The van der Waals surface area contributed by atoms with E-state index < -0.39 is 0 Å². The van der Waals surface area contributed by atoms with Crippen molar-refractivity contribution in [2.45, 2.75) is 45.2 Å². The highest BCUT2D eigenvalue weighted by Crippen LogP contribution is 2.31. The van der Waals surface area contributed by atoms with Crippen LogP contribution in [0.25, 0.3) is 0 Å². The van der Waals surface area contributed by atoms with Crippen LogP contribution < -0.4 is 5.32 Å². The van der Waals surface area contributed by atoms with Gasteiger partial charge in [-0.05, 0) is 45.2 Å². The van der Waals surface area contributed by atoms with Crippen LogP contribution in [0, 0.1) is 11.8 Å². The minimum atomic E-state index is 0.682. The van der Waals surface area contributed by atoms with Crippen LogP contribution in [0.4, 0.5) is 0 Å². The Morgan fingerprint density at radius 3 is 2.85 bits per heavy atom. The van der Waals surface area contributed by atoms with Crippen LogP contribution in [0.15, 0.2) is 12.4 Å². The molecule has 1 heterocycles. The Bertz CT molecular complexity index is 401. The lowest BCUT2D eigenvalue weighted by molar-refractivity contribution is 0.151. The molecule has 0 radical (unpaired) electrons. The van der Waals surface area contributed by atoms with E-state index in [0.717, 1.165) is 30.7 Å². The second kappa shape index (κ2) is 7.23. The first-order valence-corrected chi connectivity index (χ1v) is 7.96. The maximum absolute atomic E-state index is 4.42. The molecule has 0 bridgehead atoms. The number of nitrogens with zero attached hydrogens (tertiary/aromatic N) is 3. The van der Waals surface area contributed by atoms with Gasteiger partial charge in [-0.25, -0.2) is 4.98 Å². The van der Waals surface area contributed by atoms with Crippen LogP contribution in [0.1, 0.15) is 38.4 Å². The fourth-order valence-corrected chi connectivity index (χ4v) is 3.57. The summed E-state index contributed by atoms with van der Waals surface area (Å²) in [6, 6.07) is 0.682. The normalized spacial score (nSPS) is 27.1. The molecule has 1 aliphatic rings. The Balaban J connectivity index is 1.90. The zero-order valence-electron chi connectivity index (χ0n) is 13.5. The van der Waals surface area contributed by atoms with Crippen LogP contribution in [0.3, 0.4) is 0 Å². The summed E-state index contributed by atoms with van der Waals surface area (Å²) in [5.41, 5.74) is 0. The Kier molecular flexibility index (Phi) is 5.61. The number of nitrogens with one attached hydrogen (secondary N) is 1. The van der Waals surface area contributed by atoms with Gasteiger partial charge in [0, 0.05) is 32.0 Å². The van der Waals surface area contributed by atoms with E-state index in [-0.39, 0.29) is 0 Å². The van der Waals surface area contributed by atoms with E-state index in [0.29, 0.717) is 6.04 Å². The third kappa shape index (κ3) is 3.83. The molecule has 1 saturated carbocycles. The topological polar surface area (TPSA) is 33.1 Å². The minimum absolute atomic E-state index is 0.682. The highest BCUT2D eigenvalue weighted by atomic mass is 15.2. The van der Waals surface area contributed by atoms with E-state index >= 15 is 0 Å². The number of hydrogen-bond donors (Lipinski definition) is 1. The van der Waals surface area contributed by atoms with Crippen molar-refractivity contribution in [2.75, 3.05) is 20.6 Å². The predicted molar refractivity (Wildman–Crippen MR) is 83.5 cm³/mol. The van der Waals surface area contributed by atoms with E-state index in [1.54, 1.807) is 0 Å². The van der Waals surface area contributed by atoms with Crippen LogP contribution in [0.5, 0.6) is 0 Å². The Hall–Kier alpha value is -0.870. The van der Waals surface area contributed by atoms with Gasteiger partial charge in [0.2, 0.25) is 0 Å². The molecule has 0 spiro atoms. The zero-order chi connectivity index (χ0) is 14.5. The van der Waals surface area contributed by atoms with Crippen molar-refractivity contribution in [3.05, 3.63) is 18.2 Å². The number of hydrogen-bond acceptors (Lipinski definition) is 3. The fraction of sp³-hybridized carbons (Fsp3) is 0.812. The molecule has 1 N–H and O–H groups in total. The first kappa shape index (κ1) is 15.5. The molecule has 1 aromatic rings. The van der Waals surface area contributed by atoms with Gasteiger partial charge in [-0.1, -0.05) is 13.3 Å². The lowest BCUT2D eigenvalue weighted by Crippen LogP contribution is -2.43. The maximum Gasteiger partial charge on any atom is 0.122 e. The van der Waals surface area contributed by atoms with E-state index in [2.05, 4.69) is 47.8 Å². The Morgan fingerprint density at radius 2 is 2.25 bits per heavy atom. The standard InChI is InChI=1S/C16H30N4/c1-5-13-6-7-15(17-2)14(10-13)11-19(3)12-16-18-8-9-20(16)4/h8-9,13-15,17H,5-7,10-12H2,1-4H3. The molecular weight excluding hydrogens is 248 g/mol. The monoisotopic (exact) mass is 278 g/mol. The number of rotatable bonds is 6. The van der Waals surface area contributed by atoms with Crippen LogP contribution in [0.2, 0.25) is 0 Å². The molecule has 0 saturated heterocycles. The molecule has 0 aromatic carbocycles. The summed E-state index contributed by atoms with van der Waals surface area (Å²) in [6.07, 6.45) is 9.32. The van der Waals surface area contributed by atoms with Gasteiger partial charge in [-0.15, -0.1) is 0 Å². The maximum atomic E-state index is 4.42. The second-order valence-corrected chi connectivity index (χ2v) is 6.39. The third-order valence-corrected chi connectivity index (χ3v) is 4.92. The van der Waals surface area contributed by atoms with Crippen LogP contribution in [-0.4, -0.2) is 41.1 Å². The van der Waals surface area contributed by atoms with Crippen molar-refractivity contribution in [3.63, 3.8) is 0 Å². The summed E-state index contributed by atoms with van der Waals surface area (Å²) in [4.78, 5) is 6.85. The van der Waals surface area contributed by atoms with Crippen molar-refractivity contribution >= 4 is 0 Å². The molecule has 3 atom stereocenters. The minimum Gasteiger partial charge on any atom is -0.337 e. The number of aromatic nitrogens is 2. The van der Waals surface area contributed by atoms with E-state index in [1.165, 1.54) is 25.7 Å². The highest BCUT2D eigenvalue weighted by Gasteiger charge is 2.29. The van der Waals surface area contributed by atoms with Gasteiger partial charge in [0.25, 0.3) is 0 Å². The zero-order valence-corrected chi connectivity index (χ0v) is 13.5. The fourth-order valence-electron chi connectivity index (χ4n) is 3.57. The molecule has 4 heteroatoms. The number of aryl methyl sites for hydroxylation is 1. The molecule has 0 aliphatic heterocycles. The third-order valence-electron chi connectivity index (χ3n) is 4.92. The van der Waals surface area contributed by atoms with Crippen LogP contribution >= 0.6 is 0 Å². The van der Waals surface area contributed by atoms with Crippen molar-refractivity contribution < 1.29 is 0 Å². The largest absolute Gasteiger partial charge is 0.337 e. The van der Waals surface area contributed by atoms with Crippen LogP contribution in [-0.2, 0) is 13.6 Å². The summed E-state index contributed by atoms with van der Waals surface area (Å²) in [5, 5.41) is 3.53. The lowest BCUT2D eigenvalue weighted by atomic mass is 9.76. The SMILES string of the molecule is CCC1CCC(NC)C(CN(C)Cc2nccn2C)C1. The predicted octanol–water partition coefficient (Wildman–Crippen LogP) is 2.27. The van der Waals surface area contributed by atoms with Gasteiger partial charge >= 0.3 is 0 Å². The number of imidazole rings is 1. The average Bonchev–Trinajstić information content (AvgIpc) is 2.84. The van der Waals surface area contributed by atoms with E-state index in [1.807, 2.05) is 12.4 Å². The Labute approximate surface area is 123 Å². The van der Waals surface area contributed by atoms with E-state index in [4.69, 9.17) is 0 Å². The van der Waals surface area contributed by atoms with Gasteiger partial charge in [-0.2, -0.15) is 0 Å². The smallest absolute Gasteiger partial charge is 0.122 e. The van der Waals surface area contributed by atoms with Gasteiger partial charge in [0.15, 0.2) is 0 Å². The molecule has 0 amide bonds. The van der Waals surface area contributed by atoms with Gasteiger partial charge in [0.05, 0.1) is 6.54 Å². The first-order chi connectivity index (χ1) is 9.63. The summed E-state index contributed by atoms with van der Waals surface area (Å²) >= 11 is 0. The van der Waals surface area contributed by atoms with Gasteiger partial charge in [-0.3, -0.25) is 4.90 Å². The van der Waals surface area contributed by atoms with Gasteiger partial charge < -0.3 is 9.88 Å². The molecule has 20 heavy (non-hydrogen) atoms. The molecule has 1 fully saturated rings. The van der Waals surface area contributed by atoms with Crippen molar-refractivity contribution in [2.24, 2.45) is 18.9 Å². The summed E-state index contributed by atoms with van der Waals surface area (Å²) in [5.74, 6) is 2.84. The molecule has 1 aliphatic carbocycles. The summed E-state index contributed by atoms with van der Waals surface area (Å²) in [7, 11) is 6.40. The van der Waals surface area contributed by atoms with Crippen molar-refractivity contribution in [1.29, 1.82) is 0 Å². The lowest BCUT2D eigenvalue weighted by Gasteiger charge is -2.37. The molecule has 114 valence electrons. The van der Waals surface area contributed by atoms with E-state index in [9.17, 15) is 0 Å². The first-order valence-electron chi connectivity index (χ1n) is 7.96. The molecule has 1 aromatic heterocycles. The van der Waals surface area contributed by atoms with Crippen molar-refractivity contribution in [3.8, 4) is 0 Å². The highest BCUT2D eigenvalue weighted by molar-refractivity contribution is 4.92. The summed E-state index contributed by atoms with van der Waals surface area (Å²) in [6.45, 7) is 4.43. The van der Waals surface area contributed by atoms with Crippen molar-refractivity contribution in [1.82, 2.24) is 19.8 Å². The summed E-state index contributed by atoms with van der Waals surface area (Å²) < 4.78 is 2.11. The Morgan fingerprint density at radius 1 is 1.45 bits per heavy atom. The molecule has 3 unspecified atom stereocenters. The molecule has 2 rings (SSSR count). The van der Waals surface area contributed by atoms with Gasteiger partial charge in [0.1, 0.15) is 5.82 Å². The molecular formula is C16H30N4. The second-order valence-electron chi connectivity index (χ2n) is 6.39. The average molecular weight is 278 g/mol. The quantitative estimate of drug-likeness (QED) is 0.866. The molecule has 4 nitrogen and oxygen atoms in total.